The normalized spacial score (nSPS) is 17.1. The van der Waals surface area contributed by atoms with E-state index in [2.05, 4.69) is 17.2 Å². The van der Waals surface area contributed by atoms with Gasteiger partial charge in [-0.1, -0.05) is 11.8 Å². The highest BCUT2D eigenvalue weighted by atomic mass is 19.1. The highest BCUT2D eigenvalue weighted by Crippen LogP contribution is 2.15. The molecule has 1 aromatic rings. The molecule has 0 radical (unpaired) electrons. The first-order chi connectivity index (χ1) is 10.2. The van der Waals surface area contributed by atoms with Crippen molar-refractivity contribution in [3.05, 3.63) is 35.1 Å². The molecule has 1 aliphatic heterocycles. The summed E-state index contributed by atoms with van der Waals surface area (Å²) < 4.78 is 19.1. The minimum atomic E-state index is -0.356. The van der Waals surface area contributed by atoms with Gasteiger partial charge in [-0.25, -0.2) is 4.39 Å². The van der Waals surface area contributed by atoms with Gasteiger partial charge in [0.05, 0.1) is 19.1 Å². The molecular formula is C16H19FN2O2. The minimum absolute atomic E-state index is 0.00315. The molecule has 5 heteroatoms. The van der Waals surface area contributed by atoms with Gasteiger partial charge in [0.25, 0.3) is 0 Å². The van der Waals surface area contributed by atoms with Crippen LogP contribution < -0.4 is 11.1 Å². The molecule has 1 aliphatic rings. The smallest absolute Gasteiger partial charge is 0.222 e. The quantitative estimate of drug-likeness (QED) is 0.822. The number of rotatable bonds is 4. The highest BCUT2D eigenvalue weighted by molar-refractivity contribution is 5.76. The number of amides is 1. The van der Waals surface area contributed by atoms with Crippen LogP contribution in [0.15, 0.2) is 18.2 Å². The predicted octanol–water partition coefficient (Wildman–Crippen LogP) is 1.32. The van der Waals surface area contributed by atoms with Gasteiger partial charge in [-0.2, -0.15) is 0 Å². The number of ether oxygens (including phenoxy) is 1. The van der Waals surface area contributed by atoms with Crippen LogP contribution >= 0.6 is 0 Å². The molecule has 1 fully saturated rings. The Morgan fingerprint density at radius 3 is 3.10 bits per heavy atom. The summed E-state index contributed by atoms with van der Waals surface area (Å²) >= 11 is 0. The standard InChI is InChI=1S/C16H19FN2O2/c17-15-6-5-12(3-1-7-18)9-13(15)11-19-16(20)10-14-4-2-8-21-14/h5-6,9,14H,2,4,7-8,10-11,18H2,(H,19,20). The summed E-state index contributed by atoms with van der Waals surface area (Å²) in [5.74, 6) is 5.08. The maximum Gasteiger partial charge on any atom is 0.222 e. The maximum atomic E-state index is 13.7. The van der Waals surface area contributed by atoms with E-state index in [1.165, 1.54) is 6.07 Å². The molecule has 1 amide bonds. The third-order valence-corrected chi connectivity index (χ3v) is 3.29. The van der Waals surface area contributed by atoms with Crippen LogP contribution in [-0.2, 0) is 16.1 Å². The molecule has 1 heterocycles. The van der Waals surface area contributed by atoms with E-state index in [1.807, 2.05) is 0 Å². The first-order valence-corrected chi connectivity index (χ1v) is 7.04. The van der Waals surface area contributed by atoms with E-state index in [1.54, 1.807) is 12.1 Å². The monoisotopic (exact) mass is 290 g/mol. The van der Waals surface area contributed by atoms with Crippen molar-refractivity contribution in [1.29, 1.82) is 0 Å². The van der Waals surface area contributed by atoms with E-state index in [0.717, 1.165) is 12.8 Å². The Bertz CT molecular complexity index is 557. The Labute approximate surface area is 123 Å². The van der Waals surface area contributed by atoms with Gasteiger partial charge in [-0.05, 0) is 31.0 Å². The summed E-state index contributed by atoms with van der Waals surface area (Å²) in [4.78, 5) is 11.8. The number of hydrogen-bond acceptors (Lipinski definition) is 3. The van der Waals surface area contributed by atoms with Crippen molar-refractivity contribution in [3.8, 4) is 11.8 Å². The molecule has 0 aliphatic carbocycles. The van der Waals surface area contributed by atoms with Gasteiger partial charge in [0.15, 0.2) is 0 Å². The molecule has 1 aromatic carbocycles. The van der Waals surface area contributed by atoms with E-state index >= 15 is 0 Å². The van der Waals surface area contributed by atoms with Crippen LogP contribution in [-0.4, -0.2) is 25.2 Å². The number of benzene rings is 1. The minimum Gasteiger partial charge on any atom is -0.378 e. The fraction of sp³-hybridized carbons (Fsp3) is 0.438. The van der Waals surface area contributed by atoms with Crippen LogP contribution in [0.3, 0.4) is 0 Å². The zero-order valence-electron chi connectivity index (χ0n) is 11.8. The van der Waals surface area contributed by atoms with Crippen LogP contribution in [0.2, 0.25) is 0 Å². The Balaban J connectivity index is 1.90. The van der Waals surface area contributed by atoms with Crippen molar-refractivity contribution in [2.45, 2.75) is 31.9 Å². The van der Waals surface area contributed by atoms with Gasteiger partial charge in [0.2, 0.25) is 5.91 Å². The molecule has 1 unspecified atom stereocenters. The second-order valence-corrected chi connectivity index (χ2v) is 4.93. The van der Waals surface area contributed by atoms with Gasteiger partial charge < -0.3 is 15.8 Å². The van der Waals surface area contributed by atoms with Gasteiger partial charge >= 0.3 is 0 Å². The lowest BCUT2D eigenvalue weighted by atomic mass is 10.1. The Hall–Kier alpha value is -1.90. The first-order valence-electron chi connectivity index (χ1n) is 7.04. The van der Waals surface area contributed by atoms with Crippen molar-refractivity contribution in [1.82, 2.24) is 5.32 Å². The van der Waals surface area contributed by atoms with E-state index in [4.69, 9.17) is 10.5 Å². The summed E-state index contributed by atoms with van der Waals surface area (Å²) in [6, 6.07) is 4.57. The molecule has 21 heavy (non-hydrogen) atoms. The Morgan fingerprint density at radius 2 is 2.38 bits per heavy atom. The van der Waals surface area contributed by atoms with Crippen molar-refractivity contribution in [2.75, 3.05) is 13.2 Å². The highest BCUT2D eigenvalue weighted by Gasteiger charge is 2.19. The Kier molecular flexibility index (Phi) is 5.73. The predicted molar refractivity (Wildman–Crippen MR) is 77.8 cm³/mol. The molecular weight excluding hydrogens is 271 g/mol. The van der Waals surface area contributed by atoms with Gasteiger partial charge in [-0.15, -0.1) is 0 Å². The summed E-state index contributed by atoms with van der Waals surface area (Å²) in [7, 11) is 0. The lowest BCUT2D eigenvalue weighted by Gasteiger charge is -2.10. The summed E-state index contributed by atoms with van der Waals surface area (Å²) in [6.07, 6.45) is 2.23. The van der Waals surface area contributed by atoms with Crippen LogP contribution in [0.5, 0.6) is 0 Å². The lowest BCUT2D eigenvalue weighted by Crippen LogP contribution is -2.27. The van der Waals surface area contributed by atoms with E-state index < -0.39 is 0 Å². The van der Waals surface area contributed by atoms with E-state index in [9.17, 15) is 9.18 Å². The number of hydrogen-bond donors (Lipinski definition) is 2. The van der Waals surface area contributed by atoms with Crippen LogP contribution in [0, 0.1) is 17.7 Å². The largest absolute Gasteiger partial charge is 0.378 e. The molecule has 2 rings (SSSR count). The summed E-state index contributed by atoms with van der Waals surface area (Å²) in [6.45, 7) is 1.12. The van der Waals surface area contributed by atoms with Crippen molar-refractivity contribution < 1.29 is 13.9 Å². The van der Waals surface area contributed by atoms with Gasteiger partial charge in [-0.3, -0.25) is 4.79 Å². The summed E-state index contributed by atoms with van der Waals surface area (Å²) in [5, 5.41) is 2.72. The molecule has 112 valence electrons. The zero-order valence-corrected chi connectivity index (χ0v) is 11.8. The average Bonchev–Trinajstić information content (AvgIpc) is 2.98. The molecule has 0 bridgehead atoms. The molecule has 1 atom stereocenters. The molecule has 0 saturated carbocycles. The molecule has 3 N–H and O–H groups in total. The number of carbonyl (C=O) groups is 1. The van der Waals surface area contributed by atoms with Crippen molar-refractivity contribution in [2.24, 2.45) is 5.73 Å². The van der Waals surface area contributed by atoms with Gasteiger partial charge in [0.1, 0.15) is 5.82 Å². The third kappa shape index (κ3) is 4.85. The first kappa shape index (κ1) is 15.5. The molecule has 0 spiro atoms. The lowest BCUT2D eigenvalue weighted by molar-refractivity contribution is -0.123. The zero-order chi connectivity index (χ0) is 15.1. The topological polar surface area (TPSA) is 64.3 Å². The van der Waals surface area contributed by atoms with E-state index in [0.29, 0.717) is 24.2 Å². The van der Waals surface area contributed by atoms with Crippen LogP contribution in [0.1, 0.15) is 30.4 Å². The van der Waals surface area contributed by atoms with E-state index in [-0.39, 0.29) is 30.9 Å². The molecule has 1 saturated heterocycles. The number of carbonyl (C=O) groups excluding carboxylic acids is 1. The maximum absolute atomic E-state index is 13.7. The number of halogens is 1. The fourth-order valence-corrected chi connectivity index (χ4v) is 2.22. The molecule has 4 nitrogen and oxygen atoms in total. The van der Waals surface area contributed by atoms with Crippen LogP contribution in [0.25, 0.3) is 0 Å². The van der Waals surface area contributed by atoms with Crippen LogP contribution in [0.4, 0.5) is 4.39 Å². The van der Waals surface area contributed by atoms with Crippen molar-refractivity contribution >= 4 is 5.91 Å². The SMILES string of the molecule is NCC#Cc1ccc(F)c(CNC(=O)CC2CCCO2)c1. The molecule has 0 aromatic heterocycles. The van der Waals surface area contributed by atoms with Gasteiger partial charge in [0, 0.05) is 24.3 Å². The average molecular weight is 290 g/mol. The number of nitrogens with two attached hydrogens (primary N) is 1. The van der Waals surface area contributed by atoms with Crippen molar-refractivity contribution in [3.63, 3.8) is 0 Å². The Morgan fingerprint density at radius 1 is 1.52 bits per heavy atom. The third-order valence-electron chi connectivity index (χ3n) is 3.29. The second kappa shape index (κ2) is 7.77. The fourth-order valence-electron chi connectivity index (χ4n) is 2.22. The number of nitrogens with one attached hydrogen (secondary N) is 1. The second-order valence-electron chi connectivity index (χ2n) is 4.93. The summed E-state index contributed by atoms with van der Waals surface area (Å²) in [5.41, 5.74) is 6.41.